The number of imidazole rings is 1. The van der Waals surface area contributed by atoms with Gasteiger partial charge in [0.15, 0.2) is 11.0 Å². The molecule has 10 aromatic rings. The molecule has 0 saturated heterocycles. The summed E-state index contributed by atoms with van der Waals surface area (Å²) in [4.78, 5) is 3.68. The molecule has 1 aliphatic rings. The Morgan fingerprint density at radius 2 is 1.11 bits per heavy atom. The normalized spacial score (nSPS) is 11.9. The van der Waals surface area contributed by atoms with Crippen molar-refractivity contribution in [2.24, 2.45) is 0 Å². The number of hydrogen-bond donors (Lipinski definition) is 1. The fraction of sp³-hybridized carbons (Fsp3) is 0.0392. The summed E-state index contributed by atoms with van der Waals surface area (Å²) < 4.78 is 2.41. The van der Waals surface area contributed by atoms with Gasteiger partial charge in [-0.2, -0.15) is 4.57 Å². The highest BCUT2D eigenvalue weighted by Gasteiger charge is 2.30. The Morgan fingerprint density at radius 1 is 0.434 bits per heavy atom. The molecule has 0 saturated carbocycles. The highest BCUT2D eigenvalue weighted by molar-refractivity contribution is 6.23. The molecule has 0 amide bonds. The van der Waals surface area contributed by atoms with Crippen molar-refractivity contribution in [3.63, 3.8) is 0 Å². The van der Waals surface area contributed by atoms with Crippen LogP contribution in [0.1, 0.15) is 12.7 Å². The number of aromatic nitrogens is 2. The summed E-state index contributed by atoms with van der Waals surface area (Å²) in [6.45, 7) is 2.22. The molecule has 1 heterocycles. The Bertz CT molecular complexity index is 3070. The third kappa shape index (κ3) is 4.42. The van der Waals surface area contributed by atoms with Crippen LogP contribution in [0, 0.1) is 0 Å². The zero-order valence-corrected chi connectivity index (χ0v) is 29.4. The highest BCUT2D eigenvalue weighted by atomic mass is 15.1. The van der Waals surface area contributed by atoms with E-state index in [-0.39, 0.29) is 0 Å². The van der Waals surface area contributed by atoms with Crippen molar-refractivity contribution < 1.29 is 4.57 Å². The first-order valence-electron chi connectivity index (χ1n) is 18.6. The molecule has 9 aromatic carbocycles. The number of H-pyrrole nitrogens is 1. The van der Waals surface area contributed by atoms with E-state index in [0.29, 0.717) is 0 Å². The molecule has 0 aliphatic heterocycles. The molecule has 0 bridgehead atoms. The van der Waals surface area contributed by atoms with Gasteiger partial charge in [0.25, 0.3) is 5.82 Å². The third-order valence-corrected chi connectivity index (χ3v) is 11.4. The minimum absolute atomic E-state index is 0.907. The lowest BCUT2D eigenvalue weighted by Crippen LogP contribution is -2.34. The van der Waals surface area contributed by atoms with Crippen LogP contribution >= 0.6 is 0 Å². The Hall–Kier alpha value is -6.77. The van der Waals surface area contributed by atoms with Gasteiger partial charge in [-0.3, -0.25) is 0 Å². The molecular weight excluding hydrogens is 641 g/mol. The molecule has 1 aromatic heterocycles. The van der Waals surface area contributed by atoms with Gasteiger partial charge in [-0.05, 0) is 119 Å². The number of hydrogen-bond acceptors (Lipinski definition) is 0. The van der Waals surface area contributed by atoms with E-state index < -0.39 is 0 Å². The van der Waals surface area contributed by atoms with Crippen molar-refractivity contribution in [3.8, 4) is 61.3 Å². The first kappa shape index (κ1) is 29.9. The lowest BCUT2D eigenvalue weighted by Gasteiger charge is -2.21. The minimum Gasteiger partial charge on any atom is -0.240 e. The third-order valence-electron chi connectivity index (χ3n) is 11.4. The average Bonchev–Trinajstić information content (AvgIpc) is 3.77. The summed E-state index contributed by atoms with van der Waals surface area (Å²) in [5.74, 6) is 1.20. The minimum atomic E-state index is 0.907. The van der Waals surface area contributed by atoms with Gasteiger partial charge in [0.1, 0.15) is 5.69 Å². The van der Waals surface area contributed by atoms with Crippen LogP contribution < -0.4 is 4.57 Å². The number of fused-ring (bicyclic) bond motifs is 7. The van der Waals surface area contributed by atoms with E-state index in [1.807, 2.05) is 0 Å². The zero-order valence-electron chi connectivity index (χ0n) is 29.4. The monoisotopic (exact) mass is 675 g/mol. The molecule has 0 fully saturated rings. The van der Waals surface area contributed by atoms with E-state index >= 15 is 0 Å². The summed E-state index contributed by atoms with van der Waals surface area (Å²) >= 11 is 0. The first-order chi connectivity index (χ1) is 26.3. The Labute approximate surface area is 308 Å². The zero-order chi connectivity index (χ0) is 35.0. The van der Waals surface area contributed by atoms with E-state index in [0.717, 1.165) is 11.9 Å². The molecule has 53 heavy (non-hydrogen) atoms. The smallest absolute Gasteiger partial charge is 0.240 e. The number of nitrogens with one attached hydrogen (secondary N) is 1. The Balaban J connectivity index is 1.23. The van der Waals surface area contributed by atoms with Gasteiger partial charge in [-0.15, -0.1) is 0 Å². The SMILES string of the molecule is CCc1[nH]c2ccccc2[n+]1-c1cccc2c1ccc1ccc(-c3cc(-c4ccccc4)c4c(c3-c3ccccc3)-c3cccc5cccc-4c35)cc12. The van der Waals surface area contributed by atoms with E-state index in [1.165, 1.54) is 105 Å². The summed E-state index contributed by atoms with van der Waals surface area (Å²) in [5.41, 5.74) is 16.3. The molecular formula is C51H35N2+. The van der Waals surface area contributed by atoms with Crippen LogP contribution in [-0.4, -0.2) is 4.98 Å². The molecule has 11 rings (SSSR count). The lowest BCUT2D eigenvalue weighted by atomic mass is 9.82. The fourth-order valence-corrected chi connectivity index (χ4v) is 9.05. The van der Waals surface area contributed by atoms with Gasteiger partial charge in [0.2, 0.25) is 0 Å². The summed E-state index contributed by atoms with van der Waals surface area (Å²) in [6.07, 6.45) is 0.907. The fourth-order valence-electron chi connectivity index (χ4n) is 9.05. The van der Waals surface area contributed by atoms with Gasteiger partial charge < -0.3 is 0 Å². The Kier molecular flexibility index (Phi) is 6.56. The maximum absolute atomic E-state index is 3.68. The standard InChI is InChI=1S/C51H34N2/c1-2-47-52-44-23-9-10-24-46(44)53(47)45-25-13-20-37-38(45)29-28-33-26-27-36(30-41(33)37)43-31-42(32-14-5-3-6-15-32)50-39-21-11-18-34-19-12-22-40(48(34)39)51(50)49(43)35-16-7-4-8-17-35/h3-31H,2H2,1H3/p+1. The predicted octanol–water partition coefficient (Wildman–Crippen LogP) is 13.1. The number of nitrogens with zero attached hydrogens (tertiary/aromatic N) is 1. The molecule has 1 N–H and O–H groups in total. The molecule has 248 valence electrons. The number of aryl methyl sites for hydroxylation is 1. The highest BCUT2D eigenvalue weighted by Crippen LogP contribution is 2.57. The second-order valence-electron chi connectivity index (χ2n) is 14.2. The molecule has 2 heteroatoms. The molecule has 0 radical (unpaired) electrons. The lowest BCUT2D eigenvalue weighted by molar-refractivity contribution is -0.574. The molecule has 0 unspecified atom stereocenters. The second-order valence-corrected chi connectivity index (χ2v) is 14.2. The van der Waals surface area contributed by atoms with Crippen LogP contribution in [0.4, 0.5) is 0 Å². The van der Waals surface area contributed by atoms with E-state index in [2.05, 4.69) is 192 Å². The number of rotatable bonds is 5. The van der Waals surface area contributed by atoms with Gasteiger partial charge in [0.05, 0.1) is 0 Å². The second kappa shape index (κ2) is 11.6. The van der Waals surface area contributed by atoms with Crippen LogP contribution in [0.3, 0.4) is 0 Å². The van der Waals surface area contributed by atoms with Crippen LogP contribution in [0.5, 0.6) is 0 Å². The van der Waals surface area contributed by atoms with Crippen molar-refractivity contribution in [2.75, 3.05) is 0 Å². The molecule has 0 spiro atoms. The first-order valence-corrected chi connectivity index (χ1v) is 18.6. The largest absolute Gasteiger partial charge is 0.260 e. The molecule has 0 atom stereocenters. The van der Waals surface area contributed by atoms with Crippen molar-refractivity contribution in [1.29, 1.82) is 0 Å². The average molecular weight is 676 g/mol. The maximum atomic E-state index is 3.68. The molecule has 1 aliphatic carbocycles. The molecule has 2 nitrogen and oxygen atoms in total. The quantitative estimate of drug-likeness (QED) is 0.138. The summed E-state index contributed by atoms with van der Waals surface area (Å²) in [6, 6.07) is 65.0. The van der Waals surface area contributed by atoms with E-state index in [1.54, 1.807) is 0 Å². The van der Waals surface area contributed by atoms with Crippen LogP contribution in [0.25, 0.3) is 105 Å². The van der Waals surface area contributed by atoms with Crippen molar-refractivity contribution >= 4 is 43.4 Å². The van der Waals surface area contributed by atoms with E-state index in [4.69, 9.17) is 0 Å². The van der Waals surface area contributed by atoms with Crippen molar-refractivity contribution in [3.05, 3.63) is 182 Å². The summed E-state index contributed by atoms with van der Waals surface area (Å²) in [7, 11) is 0. The van der Waals surface area contributed by atoms with E-state index in [9.17, 15) is 0 Å². The maximum Gasteiger partial charge on any atom is 0.260 e. The van der Waals surface area contributed by atoms with Crippen LogP contribution in [-0.2, 0) is 6.42 Å². The van der Waals surface area contributed by atoms with Crippen LogP contribution in [0.2, 0.25) is 0 Å². The van der Waals surface area contributed by atoms with Gasteiger partial charge in [0, 0.05) is 11.8 Å². The van der Waals surface area contributed by atoms with Gasteiger partial charge in [-0.25, -0.2) is 4.98 Å². The van der Waals surface area contributed by atoms with Gasteiger partial charge in [-0.1, -0.05) is 146 Å². The number of aromatic amines is 1. The number of benzene rings is 9. The Morgan fingerprint density at radius 3 is 1.91 bits per heavy atom. The predicted molar refractivity (Wildman–Crippen MR) is 222 cm³/mol. The van der Waals surface area contributed by atoms with Crippen molar-refractivity contribution in [2.45, 2.75) is 13.3 Å². The van der Waals surface area contributed by atoms with Gasteiger partial charge >= 0.3 is 0 Å². The topological polar surface area (TPSA) is 19.7 Å². The van der Waals surface area contributed by atoms with Crippen molar-refractivity contribution in [1.82, 2.24) is 4.98 Å². The number of para-hydroxylation sites is 2. The summed E-state index contributed by atoms with van der Waals surface area (Å²) in [5, 5.41) is 7.61. The van der Waals surface area contributed by atoms with Crippen LogP contribution in [0.15, 0.2) is 176 Å².